The summed E-state index contributed by atoms with van der Waals surface area (Å²) in [6, 6.07) is 16.8. The van der Waals surface area contributed by atoms with E-state index < -0.39 is 16.7 Å². The predicted octanol–water partition coefficient (Wildman–Crippen LogP) is 5.92. The van der Waals surface area contributed by atoms with Crippen LogP contribution in [0.15, 0.2) is 66.7 Å². The van der Waals surface area contributed by atoms with Crippen LogP contribution in [-0.4, -0.2) is 26.9 Å². The summed E-state index contributed by atoms with van der Waals surface area (Å²) in [6.45, 7) is 0. The topological polar surface area (TPSA) is 127 Å². The average molecular weight is 514 g/mol. The van der Waals surface area contributed by atoms with Crippen LogP contribution < -0.4 is 10.6 Å². The van der Waals surface area contributed by atoms with Crippen molar-refractivity contribution in [3.8, 4) is 10.6 Å². The number of benzene rings is 3. The summed E-state index contributed by atoms with van der Waals surface area (Å²) in [5.74, 6) is -1.01. The summed E-state index contributed by atoms with van der Waals surface area (Å²) in [6.07, 6.45) is 0. The van der Waals surface area contributed by atoms with Gasteiger partial charge < -0.3 is 5.32 Å². The molecule has 0 aliphatic heterocycles. The number of amides is 2. The number of anilines is 2. The molecule has 4 rings (SSSR count). The summed E-state index contributed by atoms with van der Waals surface area (Å²) in [5.41, 5.74) is 1.26. The van der Waals surface area contributed by atoms with E-state index in [2.05, 4.69) is 20.8 Å². The van der Waals surface area contributed by atoms with Gasteiger partial charge in [-0.25, -0.2) is 0 Å². The van der Waals surface area contributed by atoms with Crippen LogP contribution in [0, 0.1) is 10.1 Å². The lowest BCUT2D eigenvalue weighted by molar-refractivity contribution is -0.384. The third kappa shape index (κ3) is 5.20. The molecule has 0 radical (unpaired) electrons. The third-order valence-electron chi connectivity index (χ3n) is 4.57. The van der Waals surface area contributed by atoms with Crippen molar-refractivity contribution in [2.24, 2.45) is 0 Å². The highest BCUT2D eigenvalue weighted by atomic mass is 35.5. The largest absolute Gasteiger partial charge is 0.321 e. The maximum atomic E-state index is 12.9. The Morgan fingerprint density at radius 3 is 2.29 bits per heavy atom. The van der Waals surface area contributed by atoms with Gasteiger partial charge in [0.25, 0.3) is 17.5 Å². The first-order valence-corrected chi connectivity index (χ1v) is 11.1. The van der Waals surface area contributed by atoms with Gasteiger partial charge in [0.1, 0.15) is 5.01 Å². The highest BCUT2D eigenvalue weighted by Crippen LogP contribution is 2.29. The molecule has 0 unspecified atom stereocenters. The molecular weight excluding hydrogens is 501 g/mol. The van der Waals surface area contributed by atoms with Crippen LogP contribution in [0.5, 0.6) is 0 Å². The van der Waals surface area contributed by atoms with E-state index in [9.17, 15) is 19.7 Å². The van der Waals surface area contributed by atoms with Gasteiger partial charge >= 0.3 is 0 Å². The predicted molar refractivity (Wildman–Crippen MR) is 131 cm³/mol. The number of carbonyl (C=O) groups is 2. The molecule has 4 aromatic rings. The first-order chi connectivity index (χ1) is 16.3. The van der Waals surface area contributed by atoms with Crippen molar-refractivity contribution in [1.82, 2.24) is 10.2 Å². The first kappa shape index (κ1) is 23.3. The van der Waals surface area contributed by atoms with Crippen LogP contribution in [0.3, 0.4) is 0 Å². The molecule has 34 heavy (non-hydrogen) atoms. The minimum absolute atomic E-state index is 0.0414. The Hall–Kier alpha value is -3.86. The lowest BCUT2D eigenvalue weighted by atomic mass is 10.1. The summed E-state index contributed by atoms with van der Waals surface area (Å²) in [7, 11) is 0. The molecule has 0 saturated heterocycles. The third-order valence-corrected chi connectivity index (χ3v) is 6.00. The van der Waals surface area contributed by atoms with Gasteiger partial charge in [-0.1, -0.05) is 46.7 Å². The number of para-hydroxylation sites is 1. The molecule has 0 atom stereocenters. The Labute approximate surface area is 206 Å². The number of non-ortho nitro benzene ring substituents is 1. The molecule has 2 amide bonds. The van der Waals surface area contributed by atoms with Crippen LogP contribution in [0.2, 0.25) is 10.0 Å². The zero-order chi connectivity index (χ0) is 24.2. The maximum absolute atomic E-state index is 12.9. The van der Waals surface area contributed by atoms with E-state index in [0.717, 1.165) is 11.3 Å². The fraction of sp³-hybridized carbons (Fsp3) is 0. The number of nitrogens with one attached hydrogen (secondary N) is 2. The second kappa shape index (κ2) is 9.96. The van der Waals surface area contributed by atoms with Gasteiger partial charge in [0.15, 0.2) is 0 Å². The lowest BCUT2D eigenvalue weighted by Crippen LogP contribution is -2.18. The van der Waals surface area contributed by atoms with E-state index in [0.29, 0.717) is 15.6 Å². The summed E-state index contributed by atoms with van der Waals surface area (Å²) in [4.78, 5) is 35.9. The smallest absolute Gasteiger partial charge is 0.269 e. The number of rotatable bonds is 6. The zero-order valence-corrected chi connectivity index (χ0v) is 19.3. The highest BCUT2D eigenvalue weighted by Gasteiger charge is 2.18. The van der Waals surface area contributed by atoms with E-state index in [4.69, 9.17) is 23.2 Å². The molecule has 0 saturated carbocycles. The molecule has 0 fully saturated rings. The molecule has 12 heteroatoms. The number of nitro benzene ring substituents is 1. The molecule has 0 aliphatic carbocycles. The lowest BCUT2D eigenvalue weighted by Gasteiger charge is -2.11. The average Bonchev–Trinajstić information content (AvgIpc) is 3.27. The van der Waals surface area contributed by atoms with Gasteiger partial charge in [0, 0.05) is 22.7 Å². The monoisotopic (exact) mass is 513 g/mol. The Morgan fingerprint density at radius 2 is 1.59 bits per heavy atom. The zero-order valence-electron chi connectivity index (χ0n) is 17.0. The SMILES string of the molecule is O=C(Nc1ccccc1C(=O)Nc1nnc(-c2ccc([N+](=O)[O-])cc2)s1)c1ccc(Cl)cc1Cl. The van der Waals surface area contributed by atoms with Gasteiger partial charge in [-0.2, -0.15) is 0 Å². The second-order valence-electron chi connectivity index (χ2n) is 6.79. The summed E-state index contributed by atoms with van der Waals surface area (Å²) >= 11 is 13.1. The van der Waals surface area contributed by atoms with Crippen molar-refractivity contribution in [1.29, 1.82) is 0 Å². The number of hydrogen-bond donors (Lipinski definition) is 2. The Kier molecular flexibility index (Phi) is 6.82. The van der Waals surface area contributed by atoms with E-state index in [1.807, 2.05) is 0 Å². The summed E-state index contributed by atoms with van der Waals surface area (Å²) in [5, 5.41) is 25.4. The second-order valence-corrected chi connectivity index (χ2v) is 8.62. The van der Waals surface area contributed by atoms with Gasteiger partial charge in [0.2, 0.25) is 5.13 Å². The molecule has 3 aromatic carbocycles. The van der Waals surface area contributed by atoms with Crippen LogP contribution >= 0.6 is 34.5 Å². The first-order valence-electron chi connectivity index (χ1n) is 9.57. The molecule has 170 valence electrons. The number of nitrogens with zero attached hydrogens (tertiary/aromatic N) is 3. The Bertz CT molecular complexity index is 1410. The number of carbonyl (C=O) groups excluding carboxylic acids is 2. The summed E-state index contributed by atoms with van der Waals surface area (Å²) < 4.78 is 0. The maximum Gasteiger partial charge on any atom is 0.269 e. The molecule has 9 nitrogen and oxygen atoms in total. The molecule has 2 N–H and O–H groups in total. The van der Waals surface area contributed by atoms with E-state index in [1.54, 1.807) is 42.5 Å². The van der Waals surface area contributed by atoms with Crippen LogP contribution in [-0.2, 0) is 0 Å². The molecule has 0 bridgehead atoms. The van der Waals surface area contributed by atoms with Crippen LogP contribution in [0.25, 0.3) is 10.6 Å². The Balaban J connectivity index is 1.50. The molecule has 1 aromatic heterocycles. The number of halogens is 2. The van der Waals surface area contributed by atoms with Crippen molar-refractivity contribution < 1.29 is 14.5 Å². The normalized spacial score (nSPS) is 10.5. The van der Waals surface area contributed by atoms with Crippen molar-refractivity contribution in [3.63, 3.8) is 0 Å². The van der Waals surface area contributed by atoms with Crippen molar-refractivity contribution >= 4 is 62.9 Å². The van der Waals surface area contributed by atoms with Gasteiger partial charge in [-0.05, 0) is 42.5 Å². The van der Waals surface area contributed by atoms with Gasteiger partial charge in [-0.15, -0.1) is 10.2 Å². The van der Waals surface area contributed by atoms with E-state index in [1.165, 1.54) is 24.3 Å². The highest BCUT2D eigenvalue weighted by molar-refractivity contribution is 7.18. The van der Waals surface area contributed by atoms with E-state index in [-0.39, 0.29) is 32.7 Å². The van der Waals surface area contributed by atoms with Gasteiger partial charge in [0.05, 0.1) is 26.8 Å². The quantitative estimate of drug-likeness (QED) is 0.243. The molecule has 0 spiro atoms. The number of hydrogen-bond acceptors (Lipinski definition) is 7. The minimum Gasteiger partial charge on any atom is -0.321 e. The molecular formula is C22H13Cl2N5O4S. The molecule has 1 heterocycles. The minimum atomic E-state index is -0.510. The number of nitro groups is 1. The van der Waals surface area contributed by atoms with Crippen molar-refractivity contribution in [2.75, 3.05) is 10.6 Å². The van der Waals surface area contributed by atoms with Crippen molar-refractivity contribution in [2.45, 2.75) is 0 Å². The van der Waals surface area contributed by atoms with Gasteiger partial charge in [-0.3, -0.25) is 25.0 Å². The van der Waals surface area contributed by atoms with Crippen molar-refractivity contribution in [3.05, 3.63) is 98.0 Å². The van der Waals surface area contributed by atoms with Crippen LogP contribution in [0.4, 0.5) is 16.5 Å². The van der Waals surface area contributed by atoms with E-state index >= 15 is 0 Å². The number of aromatic nitrogens is 2. The molecule has 0 aliphatic rings. The fourth-order valence-corrected chi connectivity index (χ4v) is 4.17. The van der Waals surface area contributed by atoms with Crippen LogP contribution in [0.1, 0.15) is 20.7 Å². The Morgan fingerprint density at radius 1 is 0.882 bits per heavy atom. The fourth-order valence-electron chi connectivity index (χ4n) is 2.93. The standard InChI is InChI=1S/C22H13Cl2N5O4S/c23-13-7-10-15(17(24)11-13)19(30)25-18-4-2-1-3-16(18)20(31)26-22-28-27-21(34-22)12-5-8-14(9-6-12)29(32)33/h1-11H,(H,25,30)(H,26,28,31).